The van der Waals surface area contributed by atoms with E-state index in [2.05, 4.69) is 0 Å². The molecule has 126 heavy (non-hydrogen) atoms. The number of rotatable bonds is 19. The number of hydrogen-bond acceptors (Lipinski definition) is 15. The Hall–Kier alpha value is -13.1. The summed E-state index contributed by atoms with van der Waals surface area (Å²) in [6.07, 6.45) is 14.0. The summed E-state index contributed by atoms with van der Waals surface area (Å²) in [6, 6.07) is 41.3. The van der Waals surface area contributed by atoms with Crippen LogP contribution in [0.3, 0.4) is 0 Å². The number of amides is 12. The molecule has 15 aromatic carbocycles. The van der Waals surface area contributed by atoms with Crippen molar-refractivity contribution in [3.8, 4) is 0 Å². The lowest BCUT2D eigenvalue weighted by molar-refractivity contribution is -0.0841. The number of imide groups is 6. The summed E-state index contributed by atoms with van der Waals surface area (Å²) >= 11 is 0. The normalized spacial score (nSPS) is 19.2. The first kappa shape index (κ1) is 76.6. The molecule has 12 amide bonds. The number of hydrogen-bond donors (Lipinski definition) is 0. The van der Waals surface area contributed by atoms with E-state index in [0.29, 0.717) is 105 Å². The fourth-order valence-corrected chi connectivity index (χ4v) is 24.1. The minimum Gasteiger partial charge on any atom is -0.379 e. The lowest BCUT2D eigenvalue weighted by Gasteiger charge is -2.37. The molecular formula is C105H86N6O15. The van der Waals surface area contributed by atoms with Gasteiger partial charge < -0.3 is 14.2 Å². The smallest absolute Gasteiger partial charge is 0.261 e. The Morgan fingerprint density at radius 3 is 0.556 bits per heavy atom. The van der Waals surface area contributed by atoms with Gasteiger partial charge in [0, 0.05) is 123 Å². The molecule has 0 bridgehead atoms. The van der Waals surface area contributed by atoms with Crippen LogP contribution in [0.5, 0.6) is 0 Å². The van der Waals surface area contributed by atoms with Gasteiger partial charge >= 0.3 is 0 Å². The molecule has 21 heteroatoms. The Labute approximate surface area is 721 Å². The van der Waals surface area contributed by atoms with E-state index >= 15 is 28.8 Å². The van der Waals surface area contributed by atoms with E-state index in [1.807, 2.05) is 116 Å². The van der Waals surface area contributed by atoms with Crippen molar-refractivity contribution in [3.05, 3.63) is 212 Å². The van der Waals surface area contributed by atoms with E-state index in [1.54, 1.807) is 57.2 Å². The van der Waals surface area contributed by atoms with Gasteiger partial charge in [0.25, 0.3) is 70.9 Å². The highest BCUT2D eigenvalue weighted by molar-refractivity contribution is 6.46. The van der Waals surface area contributed by atoms with Crippen LogP contribution >= 0.6 is 0 Å². The summed E-state index contributed by atoms with van der Waals surface area (Å²) in [5, 5.41) is 17.3. The molecule has 3 atom stereocenters. The number of nitrogens with zero attached hydrogens (tertiary/aromatic N) is 6. The van der Waals surface area contributed by atoms with Crippen LogP contribution in [0.1, 0.15) is 255 Å². The predicted octanol–water partition coefficient (Wildman–Crippen LogP) is 19.4. The molecule has 626 valence electrons. The second-order valence-electron chi connectivity index (χ2n) is 37.1. The number of ether oxygens (including phenoxy) is 3. The topological polar surface area (TPSA) is 252 Å². The summed E-state index contributed by atoms with van der Waals surface area (Å²) in [5.41, 5.74) is 3.83. The van der Waals surface area contributed by atoms with Crippen LogP contribution in [0.2, 0.25) is 0 Å². The zero-order valence-corrected chi connectivity index (χ0v) is 70.2. The molecule has 3 unspecified atom stereocenters. The highest BCUT2D eigenvalue weighted by atomic mass is 16.5. The van der Waals surface area contributed by atoms with Crippen LogP contribution in [0.15, 0.2) is 146 Å². The zero-order valence-electron chi connectivity index (χ0n) is 70.2. The van der Waals surface area contributed by atoms with E-state index in [0.717, 1.165) is 193 Å². The molecular weight excluding hydrogens is 1590 g/mol. The van der Waals surface area contributed by atoms with Crippen molar-refractivity contribution < 1.29 is 71.7 Å². The van der Waals surface area contributed by atoms with Gasteiger partial charge in [0.2, 0.25) is 0 Å². The monoisotopic (exact) mass is 1670 g/mol. The molecule has 15 aromatic rings. The highest BCUT2D eigenvalue weighted by Crippen LogP contribution is 2.53. The van der Waals surface area contributed by atoms with E-state index in [4.69, 9.17) is 14.2 Å². The van der Waals surface area contributed by atoms with Gasteiger partial charge in [-0.3, -0.25) is 86.9 Å². The maximum atomic E-state index is 15.2. The first-order chi connectivity index (χ1) is 61.3. The fraction of sp³-hybridized carbons (Fsp3) is 0.314. The van der Waals surface area contributed by atoms with Gasteiger partial charge in [-0.2, -0.15) is 0 Å². The molecule has 0 N–H and O–H groups in total. The minimum absolute atomic E-state index is 0.0604. The van der Waals surface area contributed by atoms with E-state index < -0.39 is 59.0 Å². The maximum Gasteiger partial charge on any atom is 0.261 e. The van der Waals surface area contributed by atoms with Crippen molar-refractivity contribution in [1.29, 1.82) is 0 Å². The largest absolute Gasteiger partial charge is 0.379 e. The number of carbonyl (C=O) groups is 12. The van der Waals surface area contributed by atoms with Gasteiger partial charge in [0.15, 0.2) is 0 Å². The molecule has 24 rings (SSSR count). The molecule has 0 spiro atoms. The van der Waals surface area contributed by atoms with Gasteiger partial charge in [-0.15, -0.1) is 0 Å². The Kier molecular flexibility index (Phi) is 17.0. The van der Waals surface area contributed by atoms with Gasteiger partial charge in [-0.1, -0.05) is 138 Å². The van der Waals surface area contributed by atoms with Crippen LogP contribution in [0.4, 0.5) is 0 Å². The van der Waals surface area contributed by atoms with Gasteiger partial charge in [0.1, 0.15) is 0 Å². The number of fused-ring (bicyclic) bond motifs is 6. The lowest BCUT2D eigenvalue weighted by Crippen LogP contribution is -2.49. The molecule has 3 fully saturated rings. The van der Waals surface area contributed by atoms with E-state index in [9.17, 15) is 28.8 Å². The van der Waals surface area contributed by atoms with Crippen LogP contribution in [-0.4, -0.2) is 176 Å². The SMILES string of the molecule is CCC(COCC(C)N1C(=O)c2ccc3c4ccc5c6c(ccc(c7ccc(c2c37)C1=O)c64)C(=O)N(C1CCCCC1)C5=O)(COCC(C)N1C(=O)c2ccc3c4ccc5c6c(ccc(c7ccc(c2c37)C1=O)c64)C(=O)N(C1CCCCC1)C5=O)COCC(C)N1C(=O)c2ccc3c4ccc5c6c(ccc(c7ccc(c2c37)C1=O)c64)C(=O)N(C1CCCCC1)C5=O. The van der Waals surface area contributed by atoms with Crippen LogP contribution < -0.4 is 0 Å². The molecule has 0 radical (unpaired) electrons. The zero-order chi connectivity index (χ0) is 85.8. The lowest BCUT2D eigenvalue weighted by atomic mass is 9.81. The molecule has 0 saturated heterocycles. The quantitative estimate of drug-likeness (QED) is 0.0414. The van der Waals surface area contributed by atoms with E-state index in [-0.39, 0.29) is 93.2 Å². The summed E-state index contributed by atoms with van der Waals surface area (Å²) in [7, 11) is 0. The highest BCUT2D eigenvalue weighted by Gasteiger charge is 2.47. The molecule has 6 aliphatic heterocycles. The van der Waals surface area contributed by atoms with Gasteiger partial charge in [-0.05, 0) is 235 Å². The molecule has 6 heterocycles. The average molecular weight is 1670 g/mol. The summed E-state index contributed by atoms with van der Waals surface area (Å²) in [4.78, 5) is 186. The number of benzene rings is 15. The second-order valence-corrected chi connectivity index (χ2v) is 37.1. The molecule has 3 aliphatic carbocycles. The van der Waals surface area contributed by atoms with Crippen LogP contribution in [0, 0.1) is 5.41 Å². The third kappa shape index (κ3) is 10.4. The molecule has 21 nitrogen and oxygen atoms in total. The summed E-state index contributed by atoms with van der Waals surface area (Å²) in [5.74, 6) is -4.80. The number of carbonyl (C=O) groups excluding carboxylic acids is 12. The van der Waals surface area contributed by atoms with E-state index in [1.165, 1.54) is 29.4 Å². The molecule has 0 aromatic heterocycles. The molecule has 3 saturated carbocycles. The minimum atomic E-state index is -1.03. The van der Waals surface area contributed by atoms with Crippen molar-refractivity contribution in [1.82, 2.24) is 29.4 Å². The third-order valence-electron chi connectivity index (χ3n) is 30.3. The molecule has 9 aliphatic rings. The second kappa shape index (κ2) is 28.0. The maximum absolute atomic E-state index is 15.2. The van der Waals surface area contributed by atoms with Crippen molar-refractivity contribution in [2.75, 3.05) is 39.6 Å². The predicted molar refractivity (Wildman–Crippen MR) is 480 cm³/mol. The first-order valence-electron chi connectivity index (χ1n) is 44.9. The van der Waals surface area contributed by atoms with Crippen molar-refractivity contribution in [2.24, 2.45) is 5.41 Å². The average Bonchev–Trinajstić information content (AvgIpc) is 0.696. The Bertz CT molecular complexity index is 6530. The van der Waals surface area contributed by atoms with Crippen molar-refractivity contribution >= 4 is 200 Å². The summed E-state index contributed by atoms with van der Waals surface area (Å²) < 4.78 is 20.2. The summed E-state index contributed by atoms with van der Waals surface area (Å²) in [6.45, 7) is 6.63. The van der Waals surface area contributed by atoms with Crippen molar-refractivity contribution in [3.63, 3.8) is 0 Å². The third-order valence-corrected chi connectivity index (χ3v) is 30.3. The van der Waals surface area contributed by atoms with Gasteiger partial charge in [-0.25, -0.2) is 0 Å². The van der Waals surface area contributed by atoms with Crippen LogP contribution in [0.25, 0.3) is 129 Å². The van der Waals surface area contributed by atoms with Gasteiger partial charge in [0.05, 0.1) is 57.8 Å². The fourth-order valence-electron chi connectivity index (χ4n) is 24.1. The Morgan fingerprint density at radius 2 is 0.397 bits per heavy atom. The van der Waals surface area contributed by atoms with Crippen molar-refractivity contribution in [2.45, 2.75) is 167 Å². The standard InChI is InChI=1S/C105H86N6O15/c1-5-105(48-124-45-51(2)106-93(112)69-33-21-57-63-27-39-75-90-76(100(119)109(99(75)118)54-15-9-6-10-16-54)40-28-64(84(63)90)58-22-34-70(94(106)113)87(69)81(57)58,49-125-46-52(3)107-95(114)71-35-23-59-65-29-41-77-91-78(102(121)110(101(77)120)55-17-11-7-12-18-55)42-30-66(85(65)91)60-24-36-72(96(107)115)88(71)82(59)60)50-126-47-53(4)108-97(116)73-37-25-61-67-31-43-79-92-80(104(123)111(103(79)122)56-19-13-8-14-20-56)44-32-68(86(67)92)62-26-38-74(98(108)117)89(73)83(61)62/h21-44,51-56H,5-20,45-50H2,1-4H3. The Balaban J connectivity index is 0.514. The Morgan fingerprint density at radius 1 is 0.238 bits per heavy atom. The first-order valence-corrected chi connectivity index (χ1v) is 44.9. The van der Waals surface area contributed by atoms with Crippen LogP contribution in [-0.2, 0) is 14.2 Å².